The summed E-state index contributed by atoms with van der Waals surface area (Å²) in [6.45, 7) is 5.01. The molecule has 0 aromatic heterocycles. The standard InChI is InChI=1S/C16H21NO3/c1-11-3-5-13(6-4-11)8-15(18)17-9-12(2)7-14(10-17)16(19)20/h3-6,12,14H,7-10H2,1-2H3,(H,19,20). The van der Waals surface area contributed by atoms with Crippen LogP contribution in [0.15, 0.2) is 24.3 Å². The molecule has 1 saturated heterocycles. The highest BCUT2D eigenvalue weighted by molar-refractivity contribution is 5.80. The highest BCUT2D eigenvalue weighted by atomic mass is 16.4. The summed E-state index contributed by atoms with van der Waals surface area (Å²) >= 11 is 0. The van der Waals surface area contributed by atoms with E-state index >= 15 is 0 Å². The molecule has 1 heterocycles. The molecular weight excluding hydrogens is 254 g/mol. The monoisotopic (exact) mass is 275 g/mol. The molecular formula is C16H21NO3. The maximum Gasteiger partial charge on any atom is 0.308 e. The van der Waals surface area contributed by atoms with Crippen LogP contribution >= 0.6 is 0 Å². The molecule has 0 spiro atoms. The molecule has 1 N–H and O–H groups in total. The zero-order valence-electron chi connectivity index (χ0n) is 12.0. The normalized spacial score (nSPS) is 22.6. The average molecular weight is 275 g/mol. The number of hydrogen-bond donors (Lipinski definition) is 1. The van der Waals surface area contributed by atoms with E-state index in [-0.39, 0.29) is 11.8 Å². The second-order valence-corrected chi connectivity index (χ2v) is 5.84. The Morgan fingerprint density at radius 1 is 1.25 bits per heavy atom. The summed E-state index contributed by atoms with van der Waals surface area (Å²) < 4.78 is 0. The number of carboxylic acids is 1. The first-order valence-electron chi connectivity index (χ1n) is 7.02. The van der Waals surface area contributed by atoms with E-state index in [1.807, 2.05) is 38.1 Å². The van der Waals surface area contributed by atoms with Crippen molar-refractivity contribution in [3.63, 3.8) is 0 Å². The van der Waals surface area contributed by atoms with Crippen molar-refractivity contribution in [3.05, 3.63) is 35.4 Å². The first-order valence-corrected chi connectivity index (χ1v) is 7.02. The Bertz CT molecular complexity index is 495. The molecule has 1 aliphatic heterocycles. The van der Waals surface area contributed by atoms with Gasteiger partial charge in [-0.1, -0.05) is 36.8 Å². The molecule has 0 radical (unpaired) electrons. The highest BCUT2D eigenvalue weighted by Gasteiger charge is 2.31. The smallest absolute Gasteiger partial charge is 0.308 e. The van der Waals surface area contributed by atoms with Crippen molar-refractivity contribution in [2.45, 2.75) is 26.7 Å². The van der Waals surface area contributed by atoms with Gasteiger partial charge < -0.3 is 10.0 Å². The maximum absolute atomic E-state index is 12.3. The summed E-state index contributed by atoms with van der Waals surface area (Å²) in [4.78, 5) is 25.1. The third-order valence-electron chi connectivity index (χ3n) is 3.84. The molecule has 108 valence electrons. The number of piperidine rings is 1. The number of rotatable bonds is 3. The van der Waals surface area contributed by atoms with Crippen LogP contribution in [0.2, 0.25) is 0 Å². The molecule has 1 aromatic rings. The molecule has 4 nitrogen and oxygen atoms in total. The van der Waals surface area contributed by atoms with Gasteiger partial charge in [0, 0.05) is 13.1 Å². The van der Waals surface area contributed by atoms with Crippen molar-refractivity contribution in [1.82, 2.24) is 4.90 Å². The van der Waals surface area contributed by atoms with Crippen molar-refractivity contribution in [3.8, 4) is 0 Å². The van der Waals surface area contributed by atoms with Gasteiger partial charge in [-0.15, -0.1) is 0 Å². The van der Waals surface area contributed by atoms with Gasteiger partial charge in [-0.2, -0.15) is 0 Å². The molecule has 20 heavy (non-hydrogen) atoms. The molecule has 2 unspecified atom stereocenters. The van der Waals surface area contributed by atoms with Crippen molar-refractivity contribution in [2.75, 3.05) is 13.1 Å². The van der Waals surface area contributed by atoms with Gasteiger partial charge in [-0.3, -0.25) is 9.59 Å². The third-order valence-corrected chi connectivity index (χ3v) is 3.84. The summed E-state index contributed by atoms with van der Waals surface area (Å²) in [5.41, 5.74) is 2.14. The summed E-state index contributed by atoms with van der Waals surface area (Å²) in [6, 6.07) is 7.88. The van der Waals surface area contributed by atoms with Crippen LogP contribution < -0.4 is 0 Å². The molecule has 1 aromatic carbocycles. The number of amides is 1. The van der Waals surface area contributed by atoms with E-state index in [4.69, 9.17) is 5.11 Å². The van der Waals surface area contributed by atoms with Gasteiger partial charge in [0.1, 0.15) is 0 Å². The lowest BCUT2D eigenvalue weighted by atomic mass is 9.90. The molecule has 2 rings (SSSR count). The lowest BCUT2D eigenvalue weighted by Crippen LogP contribution is -2.46. The van der Waals surface area contributed by atoms with E-state index in [0.29, 0.717) is 25.9 Å². The number of likely N-dealkylation sites (tertiary alicyclic amines) is 1. The van der Waals surface area contributed by atoms with E-state index in [0.717, 1.165) is 5.56 Å². The second kappa shape index (κ2) is 6.07. The van der Waals surface area contributed by atoms with E-state index in [1.165, 1.54) is 5.56 Å². The number of carbonyl (C=O) groups excluding carboxylic acids is 1. The van der Waals surface area contributed by atoms with Gasteiger partial charge in [0.25, 0.3) is 0 Å². The summed E-state index contributed by atoms with van der Waals surface area (Å²) in [6.07, 6.45) is 1.00. The number of carbonyl (C=O) groups is 2. The van der Waals surface area contributed by atoms with E-state index in [9.17, 15) is 9.59 Å². The topological polar surface area (TPSA) is 57.6 Å². The van der Waals surface area contributed by atoms with Crippen LogP contribution in [-0.4, -0.2) is 35.0 Å². The Hall–Kier alpha value is -1.84. The Kier molecular flexibility index (Phi) is 4.42. The Balaban J connectivity index is 2.01. The molecule has 0 saturated carbocycles. The number of aryl methyl sites for hydroxylation is 1. The van der Waals surface area contributed by atoms with E-state index < -0.39 is 11.9 Å². The first kappa shape index (κ1) is 14.6. The molecule has 4 heteroatoms. The van der Waals surface area contributed by atoms with Crippen molar-refractivity contribution in [2.24, 2.45) is 11.8 Å². The quantitative estimate of drug-likeness (QED) is 0.919. The summed E-state index contributed by atoms with van der Waals surface area (Å²) in [5, 5.41) is 9.14. The van der Waals surface area contributed by atoms with Crippen LogP contribution in [0.1, 0.15) is 24.5 Å². The molecule has 1 aliphatic rings. The fourth-order valence-electron chi connectivity index (χ4n) is 2.73. The van der Waals surface area contributed by atoms with Gasteiger partial charge in [0.2, 0.25) is 5.91 Å². The largest absolute Gasteiger partial charge is 0.481 e. The fraction of sp³-hybridized carbons (Fsp3) is 0.500. The minimum Gasteiger partial charge on any atom is -0.481 e. The van der Waals surface area contributed by atoms with E-state index in [1.54, 1.807) is 4.90 Å². The van der Waals surface area contributed by atoms with Crippen LogP contribution in [0.3, 0.4) is 0 Å². The van der Waals surface area contributed by atoms with Crippen LogP contribution in [0.4, 0.5) is 0 Å². The maximum atomic E-state index is 12.3. The minimum atomic E-state index is -0.801. The third kappa shape index (κ3) is 3.59. The Morgan fingerprint density at radius 3 is 2.50 bits per heavy atom. The average Bonchev–Trinajstić information content (AvgIpc) is 2.40. The van der Waals surface area contributed by atoms with Gasteiger partial charge in [-0.25, -0.2) is 0 Å². The molecule has 1 amide bonds. The molecule has 1 fully saturated rings. The molecule has 0 bridgehead atoms. The zero-order chi connectivity index (χ0) is 14.7. The van der Waals surface area contributed by atoms with E-state index in [2.05, 4.69) is 0 Å². The van der Waals surface area contributed by atoms with Gasteiger partial charge in [0.05, 0.1) is 12.3 Å². The fourth-order valence-corrected chi connectivity index (χ4v) is 2.73. The van der Waals surface area contributed by atoms with Gasteiger partial charge in [0.15, 0.2) is 0 Å². The SMILES string of the molecule is Cc1ccc(CC(=O)N2CC(C)CC(C(=O)O)C2)cc1. The number of hydrogen-bond acceptors (Lipinski definition) is 2. The predicted molar refractivity (Wildman–Crippen MR) is 76.4 cm³/mol. The number of benzene rings is 1. The number of carboxylic acid groups (broad SMARTS) is 1. The van der Waals surface area contributed by atoms with Crippen LogP contribution in [0, 0.1) is 18.8 Å². The lowest BCUT2D eigenvalue weighted by Gasteiger charge is -2.34. The second-order valence-electron chi connectivity index (χ2n) is 5.84. The minimum absolute atomic E-state index is 0.0200. The van der Waals surface area contributed by atoms with Crippen LogP contribution in [0.5, 0.6) is 0 Å². The Labute approximate surface area is 119 Å². The van der Waals surface area contributed by atoms with Crippen molar-refractivity contribution >= 4 is 11.9 Å². The van der Waals surface area contributed by atoms with Crippen molar-refractivity contribution in [1.29, 1.82) is 0 Å². The summed E-state index contributed by atoms with van der Waals surface area (Å²) in [5.74, 6) is -0.969. The number of aliphatic carboxylic acids is 1. The zero-order valence-corrected chi connectivity index (χ0v) is 12.0. The summed E-state index contributed by atoms with van der Waals surface area (Å²) in [7, 11) is 0. The number of nitrogens with zero attached hydrogens (tertiary/aromatic N) is 1. The van der Waals surface area contributed by atoms with Gasteiger partial charge >= 0.3 is 5.97 Å². The Morgan fingerprint density at radius 2 is 1.90 bits per heavy atom. The van der Waals surface area contributed by atoms with Crippen LogP contribution in [0.25, 0.3) is 0 Å². The highest BCUT2D eigenvalue weighted by Crippen LogP contribution is 2.22. The predicted octanol–water partition coefficient (Wildman–Crippen LogP) is 2.11. The lowest BCUT2D eigenvalue weighted by molar-refractivity contribution is -0.146. The van der Waals surface area contributed by atoms with Crippen molar-refractivity contribution < 1.29 is 14.7 Å². The molecule has 2 atom stereocenters. The molecule has 0 aliphatic carbocycles. The van der Waals surface area contributed by atoms with Crippen LogP contribution in [-0.2, 0) is 16.0 Å². The first-order chi connectivity index (χ1) is 9.45. The van der Waals surface area contributed by atoms with Gasteiger partial charge in [-0.05, 0) is 24.8 Å².